The second-order valence-corrected chi connectivity index (χ2v) is 3.40. The van der Waals surface area contributed by atoms with Crippen LogP contribution in [-0.2, 0) is 6.42 Å². The fourth-order valence-electron chi connectivity index (χ4n) is 1.68. The van der Waals surface area contributed by atoms with E-state index in [1.807, 2.05) is 28.8 Å². The van der Waals surface area contributed by atoms with Gasteiger partial charge in [0.15, 0.2) is 5.88 Å². The summed E-state index contributed by atoms with van der Waals surface area (Å²) in [5, 5.41) is 0. The Bertz CT molecular complexity index is 450. The Balaban J connectivity index is 2.46. The lowest BCUT2D eigenvalue weighted by atomic mass is 10.3. The quantitative estimate of drug-likeness (QED) is 0.816. The molecule has 0 amide bonds. The fraction of sp³-hybridized carbons (Fsp3) is 0.364. The Morgan fingerprint density at radius 3 is 3.07 bits per heavy atom. The highest BCUT2D eigenvalue weighted by Crippen LogP contribution is 2.17. The number of methoxy groups -OCH3 is 1. The van der Waals surface area contributed by atoms with Gasteiger partial charge in [-0.2, -0.15) is 0 Å². The summed E-state index contributed by atoms with van der Waals surface area (Å²) in [5.41, 5.74) is 6.55. The molecule has 0 aromatic carbocycles. The molecule has 0 aliphatic heterocycles. The predicted octanol–water partition coefficient (Wildman–Crippen LogP) is 1.23. The van der Waals surface area contributed by atoms with Gasteiger partial charge in [-0.1, -0.05) is 6.07 Å². The van der Waals surface area contributed by atoms with E-state index in [4.69, 9.17) is 10.5 Å². The van der Waals surface area contributed by atoms with Gasteiger partial charge in [0.25, 0.3) is 0 Å². The summed E-state index contributed by atoms with van der Waals surface area (Å²) >= 11 is 0. The van der Waals surface area contributed by atoms with Gasteiger partial charge < -0.3 is 10.5 Å². The molecule has 0 bridgehead atoms. The van der Waals surface area contributed by atoms with Crippen LogP contribution < -0.4 is 10.5 Å². The molecule has 15 heavy (non-hydrogen) atoms. The third-order valence-corrected chi connectivity index (χ3v) is 2.40. The molecule has 0 radical (unpaired) electrons. The van der Waals surface area contributed by atoms with E-state index < -0.39 is 0 Å². The van der Waals surface area contributed by atoms with Crippen molar-refractivity contribution in [1.82, 2.24) is 9.38 Å². The molecule has 4 heteroatoms. The minimum atomic E-state index is 0.685. The number of aryl methyl sites for hydroxylation is 1. The zero-order valence-electron chi connectivity index (χ0n) is 8.81. The normalized spacial score (nSPS) is 10.8. The van der Waals surface area contributed by atoms with Crippen molar-refractivity contribution in [3.05, 3.63) is 30.2 Å². The summed E-state index contributed by atoms with van der Waals surface area (Å²) in [6.07, 6.45) is 3.68. The summed E-state index contributed by atoms with van der Waals surface area (Å²) in [4.78, 5) is 4.37. The standard InChI is InChI=1S/C11H15N3O/c1-15-11-6-2-4-9-8-13-10(14(9)11)5-3-7-12/h2,4,6,8H,3,5,7,12H2,1H3. The van der Waals surface area contributed by atoms with Crippen molar-refractivity contribution < 1.29 is 4.74 Å². The van der Waals surface area contributed by atoms with Crippen LogP contribution in [0.2, 0.25) is 0 Å². The number of aromatic nitrogens is 2. The molecule has 0 atom stereocenters. The maximum Gasteiger partial charge on any atom is 0.199 e. The fourth-order valence-corrected chi connectivity index (χ4v) is 1.68. The van der Waals surface area contributed by atoms with Crippen LogP contribution >= 0.6 is 0 Å². The first-order valence-electron chi connectivity index (χ1n) is 5.06. The lowest BCUT2D eigenvalue weighted by Crippen LogP contribution is -2.04. The number of pyridine rings is 1. The monoisotopic (exact) mass is 205 g/mol. The van der Waals surface area contributed by atoms with Crippen molar-refractivity contribution in [2.45, 2.75) is 12.8 Å². The van der Waals surface area contributed by atoms with E-state index in [1.165, 1.54) is 0 Å². The number of nitrogens with zero attached hydrogens (tertiary/aromatic N) is 2. The van der Waals surface area contributed by atoms with Gasteiger partial charge in [-0.25, -0.2) is 4.98 Å². The molecule has 2 rings (SSSR count). The topological polar surface area (TPSA) is 52.5 Å². The van der Waals surface area contributed by atoms with Crippen molar-refractivity contribution >= 4 is 5.52 Å². The van der Waals surface area contributed by atoms with E-state index in [2.05, 4.69) is 4.98 Å². The van der Waals surface area contributed by atoms with Crippen molar-refractivity contribution in [2.75, 3.05) is 13.7 Å². The molecule has 2 heterocycles. The SMILES string of the molecule is COc1cccc2cnc(CCCN)n12. The number of ether oxygens (including phenoxy) is 1. The van der Waals surface area contributed by atoms with Gasteiger partial charge in [0.2, 0.25) is 0 Å². The highest BCUT2D eigenvalue weighted by Gasteiger charge is 2.06. The first-order chi connectivity index (χ1) is 7.36. The summed E-state index contributed by atoms with van der Waals surface area (Å²) in [7, 11) is 1.67. The van der Waals surface area contributed by atoms with E-state index in [0.29, 0.717) is 6.54 Å². The Morgan fingerprint density at radius 1 is 1.47 bits per heavy atom. The smallest absolute Gasteiger partial charge is 0.199 e. The molecular weight excluding hydrogens is 190 g/mol. The number of hydrogen-bond acceptors (Lipinski definition) is 3. The molecule has 80 valence electrons. The van der Waals surface area contributed by atoms with Crippen LogP contribution in [0.4, 0.5) is 0 Å². The maximum absolute atomic E-state index is 5.49. The molecule has 2 aromatic heterocycles. The molecule has 2 aromatic rings. The van der Waals surface area contributed by atoms with Crippen molar-refractivity contribution in [3.8, 4) is 5.88 Å². The summed E-state index contributed by atoms with van der Waals surface area (Å²) in [6.45, 7) is 0.685. The summed E-state index contributed by atoms with van der Waals surface area (Å²) < 4.78 is 7.32. The van der Waals surface area contributed by atoms with Crippen LogP contribution in [0.25, 0.3) is 5.52 Å². The Labute approximate surface area is 88.7 Å². The lowest BCUT2D eigenvalue weighted by molar-refractivity contribution is 0.390. The molecule has 4 nitrogen and oxygen atoms in total. The Kier molecular flexibility index (Phi) is 2.87. The van der Waals surface area contributed by atoms with E-state index in [0.717, 1.165) is 30.1 Å². The summed E-state index contributed by atoms with van der Waals surface area (Å²) in [6, 6.07) is 5.91. The predicted molar refractivity (Wildman–Crippen MR) is 59.1 cm³/mol. The molecule has 0 aliphatic carbocycles. The number of nitrogens with two attached hydrogens (primary N) is 1. The van der Waals surface area contributed by atoms with Crippen LogP contribution in [-0.4, -0.2) is 23.0 Å². The van der Waals surface area contributed by atoms with Crippen LogP contribution in [0.1, 0.15) is 12.2 Å². The molecule has 0 aliphatic rings. The first kappa shape index (κ1) is 9.98. The minimum absolute atomic E-state index is 0.685. The van der Waals surface area contributed by atoms with Gasteiger partial charge in [-0.05, 0) is 25.1 Å². The van der Waals surface area contributed by atoms with Crippen LogP contribution in [0.5, 0.6) is 5.88 Å². The highest BCUT2D eigenvalue weighted by molar-refractivity contribution is 5.49. The number of hydrogen-bond donors (Lipinski definition) is 1. The molecule has 0 spiro atoms. The average Bonchev–Trinajstić information content (AvgIpc) is 2.69. The largest absolute Gasteiger partial charge is 0.482 e. The Morgan fingerprint density at radius 2 is 2.33 bits per heavy atom. The van der Waals surface area contributed by atoms with E-state index in [-0.39, 0.29) is 0 Å². The van der Waals surface area contributed by atoms with Gasteiger partial charge in [0.1, 0.15) is 5.82 Å². The van der Waals surface area contributed by atoms with Crippen LogP contribution in [0.15, 0.2) is 24.4 Å². The van der Waals surface area contributed by atoms with E-state index in [9.17, 15) is 0 Å². The molecule has 0 saturated carbocycles. The maximum atomic E-state index is 5.49. The third-order valence-electron chi connectivity index (χ3n) is 2.40. The van der Waals surface area contributed by atoms with Gasteiger partial charge in [-0.3, -0.25) is 4.40 Å². The minimum Gasteiger partial charge on any atom is -0.482 e. The van der Waals surface area contributed by atoms with E-state index >= 15 is 0 Å². The van der Waals surface area contributed by atoms with Gasteiger partial charge in [-0.15, -0.1) is 0 Å². The van der Waals surface area contributed by atoms with Crippen LogP contribution in [0, 0.1) is 0 Å². The zero-order valence-corrected chi connectivity index (χ0v) is 8.81. The zero-order chi connectivity index (χ0) is 10.7. The molecule has 2 N–H and O–H groups in total. The second kappa shape index (κ2) is 4.31. The number of fused-ring (bicyclic) bond motifs is 1. The average molecular weight is 205 g/mol. The third kappa shape index (κ3) is 1.80. The van der Waals surface area contributed by atoms with Gasteiger partial charge >= 0.3 is 0 Å². The van der Waals surface area contributed by atoms with Gasteiger partial charge in [0, 0.05) is 6.42 Å². The van der Waals surface area contributed by atoms with Crippen molar-refractivity contribution in [1.29, 1.82) is 0 Å². The van der Waals surface area contributed by atoms with E-state index in [1.54, 1.807) is 7.11 Å². The molecule has 0 saturated heterocycles. The first-order valence-corrected chi connectivity index (χ1v) is 5.06. The summed E-state index contributed by atoms with van der Waals surface area (Å²) in [5.74, 6) is 1.82. The van der Waals surface area contributed by atoms with Crippen molar-refractivity contribution in [2.24, 2.45) is 5.73 Å². The molecule has 0 unspecified atom stereocenters. The molecular formula is C11H15N3O. The Hall–Kier alpha value is -1.55. The van der Waals surface area contributed by atoms with Crippen LogP contribution in [0.3, 0.4) is 0 Å². The second-order valence-electron chi connectivity index (χ2n) is 3.40. The molecule has 0 fully saturated rings. The van der Waals surface area contributed by atoms with Crippen molar-refractivity contribution in [3.63, 3.8) is 0 Å². The lowest BCUT2D eigenvalue weighted by Gasteiger charge is -2.06. The number of imidazole rings is 1. The van der Waals surface area contributed by atoms with Gasteiger partial charge in [0.05, 0.1) is 18.8 Å². The highest BCUT2D eigenvalue weighted by atomic mass is 16.5. The number of rotatable bonds is 4.